The van der Waals surface area contributed by atoms with Crippen molar-refractivity contribution in [2.75, 3.05) is 7.05 Å². The number of benzene rings is 1. The molecule has 3 aromatic heterocycles. The third-order valence-electron chi connectivity index (χ3n) is 5.60. The van der Waals surface area contributed by atoms with Crippen LogP contribution in [0.5, 0.6) is 0 Å². The molecule has 0 aliphatic rings. The summed E-state index contributed by atoms with van der Waals surface area (Å²) in [4.78, 5) is 25.0. The smallest absolute Gasteiger partial charge is 0.255 e. The number of hydrogen-bond donors (Lipinski definition) is 0. The quantitative estimate of drug-likeness (QED) is 0.477. The summed E-state index contributed by atoms with van der Waals surface area (Å²) in [7, 11) is 3.70. The molecule has 0 spiro atoms. The molecule has 0 saturated heterocycles. The number of pyridine rings is 2. The predicted molar refractivity (Wildman–Crippen MR) is 122 cm³/mol. The molecular weight excluding hydrogens is 386 g/mol. The molecule has 0 aliphatic heterocycles. The van der Waals surface area contributed by atoms with Crippen molar-refractivity contribution in [2.45, 2.75) is 32.7 Å². The molecule has 6 heteroatoms. The first-order valence-electron chi connectivity index (χ1n) is 10.5. The van der Waals surface area contributed by atoms with Gasteiger partial charge in [0.1, 0.15) is 0 Å². The molecule has 31 heavy (non-hydrogen) atoms. The van der Waals surface area contributed by atoms with Crippen LogP contribution in [0.15, 0.2) is 60.8 Å². The molecule has 0 bridgehead atoms. The van der Waals surface area contributed by atoms with Crippen LogP contribution in [0.4, 0.5) is 0 Å². The molecule has 1 amide bonds. The molecule has 1 atom stereocenters. The highest BCUT2D eigenvalue weighted by atomic mass is 16.2. The number of nitrogens with zero attached hydrogens (tertiary/aromatic N) is 5. The number of carbonyl (C=O) groups is 1. The van der Waals surface area contributed by atoms with E-state index < -0.39 is 0 Å². The van der Waals surface area contributed by atoms with Crippen molar-refractivity contribution in [2.24, 2.45) is 7.05 Å². The fraction of sp³-hybridized carbons (Fsp3) is 0.280. The Hall–Kier alpha value is -3.54. The van der Waals surface area contributed by atoms with E-state index >= 15 is 0 Å². The molecular formula is C25H27N5O. The van der Waals surface area contributed by atoms with E-state index in [0.717, 1.165) is 33.7 Å². The van der Waals surface area contributed by atoms with Crippen molar-refractivity contribution in [1.29, 1.82) is 0 Å². The molecule has 4 rings (SSSR count). The maximum atomic E-state index is 13.9. The molecule has 6 nitrogen and oxygen atoms in total. The number of amides is 1. The van der Waals surface area contributed by atoms with E-state index in [9.17, 15) is 4.79 Å². The Labute approximate surface area is 182 Å². The summed E-state index contributed by atoms with van der Waals surface area (Å²) < 4.78 is 1.75. The van der Waals surface area contributed by atoms with Gasteiger partial charge in [0.25, 0.3) is 5.91 Å². The predicted octanol–water partition coefficient (Wildman–Crippen LogP) is 4.66. The van der Waals surface area contributed by atoms with Gasteiger partial charge in [-0.3, -0.25) is 14.5 Å². The highest BCUT2D eigenvalue weighted by Crippen LogP contribution is 2.31. The lowest BCUT2D eigenvalue weighted by molar-refractivity contribution is 0.0754. The third-order valence-corrected chi connectivity index (χ3v) is 5.60. The lowest BCUT2D eigenvalue weighted by Gasteiger charge is -2.29. The molecule has 0 unspecified atom stereocenters. The minimum atomic E-state index is -0.308. The van der Waals surface area contributed by atoms with Crippen LogP contribution in [-0.2, 0) is 7.05 Å². The van der Waals surface area contributed by atoms with E-state index in [2.05, 4.69) is 23.9 Å². The van der Waals surface area contributed by atoms with Crippen molar-refractivity contribution in [3.63, 3.8) is 0 Å². The zero-order chi connectivity index (χ0) is 22.1. The summed E-state index contributed by atoms with van der Waals surface area (Å²) in [6, 6.07) is 17.4. The SMILES string of the molecule is Cc1nn(C)c2nc(C(C)C)cc(C(=O)N(C)[C@@H](c3ccccc3)c3ccccn3)c12. The van der Waals surface area contributed by atoms with E-state index in [0.29, 0.717) is 5.56 Å². The molecule has 158 valence electrons. The summed E-state index contributed by atoms with van der Waals surface area (Å²) in [5, 5.41) is 5.33. The second-order valence-corrected chi connectivity index (χ2v) is 8.14. The summed E-state index contributed by atoms with van der Waals surface area (Å²) in [6.07, 6.45) is 1.76. The van der Waals surface area contributed by atoms with Gasteiger partial charge in [0.2, 0.25) is 0 Å². The monoisotopic (exact) mass is 413 g/mol. The Morgan fingerprint density at radius 2 is 1.74 bits per heavy atom. The van der Waals surface area contributed by atoms with Gasteiger partial charge in [-0.15, -0.1) is 0 Å². The van der Waals surface area contributed by atoms with E-state index in [4.69, 9.17) is 4.98 Å². The highest BCUT2D eigenvalue weighted by molar-refractivity contribution is 6.06. The number of fused-ring (bicyclic) bond motifs is 1. The normalized spacial score (nSPS) is 12.3. The Morgan fingerprint density at radius 3 is 2.39 bits per heavy atom. The first kappa shape index (κ1) is 20.7. The molecule has 0 radical (unpaired) electrons. The first-order chi connectivity index (χ1) is 14.9. The fourth-order valence-electron chi connectivity index (χ4n) is 4.00. The summed E-state index contributed by atoms with van der Waals surface area (Å²) in [6.45, 7) is 6.08. The van der Waals surface area contributed by atoms with Gasteiger partial charge in [-0.05, 0) is 36.6 Å². The Bertz CT molecular complexity index is 1180. The largest absolute Gasteiger partial charge is 0.329 e. The second kappa shape index (κ2) is 8.30. The minimum Gasteiger partial charge on any atom is -0.329 e. The number of aromatic nitrogens is 4. The van der Waals surface area contributed by atoms with Crippen LogP contribution in [0.25, 0.3) is 11.0 Å². The molecule has 1 aromatic carbocycles. The Kier molecular flexibility index (Phi) is 5.55. The van der Waals surface area contributed by atoms with Crippen molar-refractivity contribution >= 4 is 16.9 Å². The van der Waals surface area contributed by atoms with Crippen LogP contribution in [-0.4, -0.2) is 37.6 Å². The Balaban J connectivity index is 1.87. The topological polar surface area (TPSA) is 63.9 Å². The summed E-state index contributed by atoms with van der Waals surface area (Å²) >= 11 is 0. The molecule has 4 aromatic rings. The maximum Gasteiger partial charge on any atom is 0.255 e. The fourth-order valence-corrected chi connectivity index (χ4v) is 4.00. The van der Waals surface area contributed by atoms with E-state index in [1.54, 1.807) is 15.8 Å². The van der Waals surface area contributed by atoms with Crippen molar-refractivity contribution in [3.8, 4) is 0 Å². The van der Waals surface area contributed by atoms with Crippen molar-refractivity contribution in [3.05, 3.63) is 89.0 Å². The molecule has 0 saturated carbocycles. The van der Waals surface area contributed by atoms with Crippen molar-refractivity contribution < 1.29 is 4.79 Å². The maximum absolute atomic E-state index is 13.9. The van der Waals surface area contributed by atoms with Gasteiger partial charge < -0.3 is 4.90 Å². The lowest BCUT2D eigenvalue weighted by atomic mass is 9.99. The van der Waals surface area contributed by atoms with E-state index in [-0.39, 0.29) is 17.9 Å². The average molecular weight is 414 g/mol. The van der Waals surface area contributed by atoms with Crippen molar-refractivity contribution in [1.82, 2.24) is 24.6 Å². The first-order valence-corrected chi connectivity index (χ1v) is 10.5. The summed E-state index contributed by atoms with van der Waals surface area (Å²) in [5.41, 5.74) is 4.86. The second-order valence-electron chi connectivity index (χ2n) is 8.14. The van der Waals surface area contributed by atoms with Gasteiger partial charge in [0, 0.05) is 26.0 Å². The Morgan fingerprint density at radius 1 is 1.03 bits per heavy atom. The third kappa shape index (κ3) is 3.81. The van der Waals surface area contributed by atoms with Gasteiger partial charge in [-0.1, -0.05) is 50.2 Å². The number of hydrogen-bond acceptors (Lipinski definition) is 4. The van der Waals surface area contributed by atoms with Crippen LogP contribution in [0.2, 0.25) is 0 Å². The van der Waals surface area contributed by atoms with Crippen LogP contribution < -0.4 is 0 Å². The molecule has 3 heterocycles. The number of aryl methyl sites for hydroxylation is 2. The van der Waals surface area contributed by atoms with Crippen LogP contribution in [0.1, 0.15) is 58.8 Å². The molecule has 0 fully saturated rings. The van der Waals surface area contributed by atoms with Gasteiger partial charge in [-0.25, -0.2) is 4.98 Å². The highest BCUT2D eigenvalue weighted by Gasteiger charge is 2.28. The standard InChI is InChI=1S/C25H27N5O/c1-16(2)21-15-19(22-17(3)28-30(5)24(22)27-21)25(31)29(4)23(18-11-7-6-8-12-18)20-13-9-10-14-26-20/h6-16,23H,1-5H3/t23-/m0/s1. The van der Waals surface area contributed by atoms with Gasteiger partial charge in [0.05, 0.1) is 28.4 Å². The van der Waals surface area contributed by atoms with Gasteiger partial charge in [0.15, 0.2) is 5.65 Å². The molecule has 0 aliphatic carbocycles. The average Bonchev–Trinajstić information content (AvgIpc) is 3.07. The molecule has 0 N–H and O–H groups in total. The zero-order valence-corrected chi connectivity index (χ0v) is 18.6. The van der Waals surface area contributed by atoms with Gasteiger partial charge >= 0.3 is 0 Å². The minimum absolute atomic E-state index is 0.0788. The van der Waals surface area contributed by atoms with Crippen LogP contribution in [0.3, 0.4) is 0 Å². The van der Waals surface area contributed by atoms with Gasteiger partial charge in [-0.2, -0.15) is 5.10 Å². The number of carbonyl (C=O) groups excluding carboxylic acids is 1. The van der Waals surface area contributed by atoms with E-state index in [1.807, 2.05) is 75.6 Å². The lowest BCUT2D eigenvalue weighted by Crippen LogP contribution is -2.33. The number of rotatable bonds is 5. The zero-order valence-electron chi connectivity index (χ0n) is 18.6. The summed E-state index contributed by atoms with van der Waals surface area (Å²) in [5.74, 6) is 0.113. The van der Waals surface area contributed by atoms with E-state index in [1.165, 1.54) is 0 Å². The van der Waals surface area contributed by atoms with Crippen LogP contribution >= 0.6 is 0 Å². The van der Waals surface area contributed by atoms with Crippen LogP contribution in [0, 0.1) is 6.92 Å².